The minimum Gasteiger partial charge on any atom is -0.481 e. The van der Waals surface area contributed by atoms with Crippen molar-refractivity contribution < 1.29 is 19.8 Å². The Kier molecular flexibility index (Phi) is 2.18. The Bertz CT molecular complexity index is 318. The standard InChI is InChI=1S/C8H9NO4/c1-8(7(12)13)2-5(6(10)11)3-9-4-8/h2-3H,4H2,1H3,(H,10,11)(H,12,13). The molecule has 0 amide bonds. The summed E-state index contributed by atoms with van der Waals surface area (Å²) in [6.07, 6.45) is 2.39. The third-order valence-corrected chi connectivity index (χ3v) is 1.86. The average molecular weight is 183 g/mol. The topological polar surface area (TPSA) is 87.0 Å². The molecule has 1 rings (SSSR count). The Hall–Kier alpha value is -1.65. The summed E-state index contributed by atoms with van der Waals surface area (Å²) in [5, 5.41) is 17.4. The maximum atomic E-state index is 10.7. The maximum absolute atomic E-state index is 10.7. The molecule has 0 saturated carbocycles. The maximum Gasteiger partial charge on any atom is 0.336 e. The largest absolute Gasteiger partial charge is 0.481 e. The second kappa shape index (κ2) is 3.01. The first-order chi connectivity index (χ1) is 5.96. The van der Waals surface area contributed by atoms with Gasteiger partial charge in [0.2, 0.25) is 0 Å². The number of aliphatic carboxylic acids is 2. The summed E-state index contributed by atoms with van der Waals surface area (Å²) in [5.74, 6) is -2.22. The van der Waals surface area contributed by atoms with Crippen LogP contribution in [-0.4, -0.2) is 34.9 Å². The Morgan fingerprint density at radius 1 is 1.54 bits per heavy atom. The highest BCUT2D eigenvalue weighted by molar-refractivity contribution is 6.09. The number of nitrogens with zero attached hydrogens (tertiary/aromatic N) is 1. The summed E-state index contributed by atoms with van der Waals surface area (Å²) < 4.78 is 0. The summed E-state index contributed by atoms with van der Waals surface area (Å²) in [7, 11) is 0. The van der Waals surface area contributed by atoms with Crippen LogP contribution in [0.15, 0.2) is 16.6 Å². The zero-order valence-electron chi connectivity index (χ0n) is 7.02. The molecule has 0 saturated heterocycles. The first kappa shape index (κ1) is 9.44. The van der Waals surface area contributed by atoms with E-state index in [9.17, 15) is 9.59 Å². The van der Waals surface area contributed by atoms with Crippen molar-refractivity contribution in [2.24, 2.45) is 10.4 Å². The van der Waals surface area contributed by atoms with Gasteiger partial charge in [-0.2, -0.15) is 0 Å². The third-order valence-electron chi connectivity index (χ3n) is 1.86. The number of aliphatic imine (C=N–C) groups is 1. The summed E-state index contributed by atoms with van der Waals surface area (Å²) >= 11 is 0. The van der Waals surface area contributed by atoms with Crippen molar-refractivity contribution in [1.82, 2.24) is 0 Å². The molecular weight excluding hydrogens is 174 g/mol. The zero-order valence-corrected chi connectivity index (χ0v) is 7.02. The van der Waals surface area contributed by atoms with E-state index in [1.165, 1.54) is 19.2 Å². The monoisotopic (exact) mass is 183 g/mol. The van der Waals surface area contributed by atoms with Gasteiger partial charge in [0.05, 0.1) is 12.1 Å². The Labute approximate surface area is 74.4 Å². The van der Waals surface area contributed by atoms with Crippen molar-refractivity contribution in [3.8, 4) is 0 Å². The Morgan fingerprint density at radius 2 is 2.15 bits per heavy atom. The molecule has 0 aromatic rings. The minimum atomic E-state index is -1.19. The summed E-state index contributed by atoms with van der Waals surface area (Å²) in [6, 6.07) is 0. The lowest BCUT2D eigenvalue weighted by molar-refractivity contribution is -0.144. The smallest absolute Gasteiger partial charge is 0.336 e. The van der Waals surface area contributed by atoms with Crippen molar-refractivity contribution in [1.29, 1.82) is 0 Å². The second-order valence-corrected chi connectivity index (χ2v) is 3.10. The van der Waals surface area contributed by atoms with Gasteiger partial charge in [-0.25, -0.2) is 4.79 Å². The fourth-order valence-electron chi connectivity index (χ4n) is 1.01. The summed E-state index contributed by atoms with van der Waals surface area (Å²) in [5.41, 5.74) is -1.27. The number of hydrogen-bond acceptors (Lipinski definition) is 3. The highest BCUT2D eigenvalue weighted by atomic mass is 16.4. The van der Waals surface area contributed by atoms with E-state index in [2.05, 4.69) is 4.99 Å². The average Bonchev–Trinajstić information content (AvgIpc) is 2.04. The molecule has 0 aliphatic carbocycles. The van der Waals surface area contributed by atoms with E-state index in [0.717, 1.165) is 0 Å². The lowest BCUT2D eigenvalue weighted by Gasteiger charge is -2.21. The zero-order chi connectivity index (χ0) is 10.1. The molecular formula is C8H9NO4. The number of carbonyl (C=O) groups is 2. The molecule has 70 valence electrons. The summed E-state index contributed by atoms with van der Waals surface area (Å²) in [6.45, 7) is 1.52. The fraction of sp³-hybridized carbons (Fsp3) is 0.375. The van der Waals surface area contributed by atoms with Crippen LogP contribution in [0.4, 0.5) is 0 Å². The van der Waals surface area contributed by atoms with Crippen LogP contribution >= 0.6 is 0 Å². The Balaban J connectivity index is 3.02. The van der Waals surface area contributed by atoms with Gasteiger partial charge < -0.3 is 10.2 Å². The van der Waals surface area contributed by atoms with Gasteiger partial charge in [-0.3, -0.25) is 9.79 Å². The van der Waals surface area contributed by atoms with E-state index in [0.29, 0.717) is 0 Å². The van der Waals surface area contributed by atoms with Crippen LogP contribution < -0.4 is 0 Å². The van der Waals surface area contributed by atoms with Gasteiger partial charge in [0.1, 0.15) is 5.41 Å². The lowest BCUT2D eigenvalue weighted by Crippen LogP contribution is -2.32. The molecule has 1 aliphatic heterocycles. The van der Waals surface area contributed by atoms with Crippen LogP contribution in [0, 0.1) is 5.41 Å². The quantitative estimate of drug-likeness (QED) is 0.639. The van der Waals surface area contributed by atoms with Gasteiger partial charge in [0.15, 0.2) is 0 Å². The first-order valence-electron chi connectivity index (χ1n) is 3.65. The first-order valence-corrected chi connectivity index (χ1v) is 3.65. The molecule has 1 aliphatic rings. The molecule has 0 aromatic carbocycles. The van der Waals surface area contributed by atoms with Gasteiger partial charge >= 0.3 is 11.9 Å². The third kappa shape index (κ3) is 1.74. The van der Waals surface area contributed by atoms with Gasteiger partial charge in [0, 0.05) is 6.21 Å². The van der Waals surface area contributed by atoms with E-state index >= 15 is 0 Å². The van der Waals surface area contributed by atoms with E-state index < -0.39 is 17.4 Å². The normalized spacial score (nSPS) is 26.7. The molecule has 2 N–H and O–H groups in total. The molecule has 0 bridgehead atoms. The molecule has 1 atom stereocenters. The van der Waals surface area contributed by atoms with Crippen molar-refractivity contribution >= 4 is 18.2 Å². The van der Waals surface area contributed by atoms with Crippen LogP contribution in [0.2, 0.25) is 0 Å². The minimum absolute atomic E-state index is 0.0730. The molecule has 0 aromatic heterocycles. The van der Waals surface area contributed by atoms with Gasteiger partial charge in [-0.15, -0.1) is 0 Å². The van der Waals surface area contributed by atoms with E-state index in [1.54, 1.807) is 0 Å². The number of dihydropyridines is 1. The van der Waals surface area contributed by atoms with E-state index in [4.69, 9.17) is 10.2 Å². The van der Waals surface area contributed by atoms with Crippen LogP contribution in [0.1, 0.15) is 6.92 Å². The number of hydrogen-bond donors (Lipinski definition) is 2. The second-order valence-electron chi connectivity index (χ2n) is 3.10. The van der Waals surface area contributed by atoms with Crippen LogP contribution in [0.5, 0.6) is 0 Å². The number of carboxylic acid groups (broad SMARTS) is 2. The molecule has 0 spiro atoms. The molecule has 5 heteroatoms. The van der Waals surface area contributed by atoms with Crippen molar-refractivity contribution in [3.05, 3.63) is 11.6 Å². The Morgan fingerprint density at radius 3 is 2.62 bits per heavy atom. The van der Waals surface area contributed by atoms with E-state index in [1.807, 2.05) is 0 Å². The van der Waals surface area contributed by atoms with Gasteiger partial charge in [-0.1, -0.05) is 0 Å². The van der Waals surface area contributed by atoms with Crippen LogP contribution in [-0.2, 0) is 9.59 Å². The summed E-state index contributed by atoms with van der Waals surface area (Å²) in [4.78, 5) is 24.9. The van der Waals surface area contributed by atoms with Crippen LogP contribution in [0.25, 0.3) is 0 Å². The van der Waals surface area contributed by atoms with Gasteiger partial charge in [0.25, 0.3) is 0 Å². The molecule has 0 fully saturated rings. The highest BCUT2D eigenvalue weighted by Crippen LogP contribution is 2.23. The molecule has 1 heterocycles. The van der Waals surface area contributed by atoms with Crippen molar-refractivity contribution in [2.45, 2.75) is 6.92 Å². The van der Waals surface area contributed by atoms with Crippen LogP contribution in [0.3, 0.4) is 0 Å². The molecule has 1 unspecified atom stereocenters. The van der Waals surface area contributed by atoms with Gasteiger partial charge in [-0.05, 0) is 13.0 Å². The SMILES string of the molecule is CC1(C(=O)O)C=C(C(=O)O)C=NC1. The highest BCUT2D eigenvalue weighted by Gasteiger charge is 2.33. The fourth-order valence-corrected chi connectivity index (χ4v) is 1.01. The number of carboxylic acids is 2. The predicted molar refractivity (Wildman–Crippen MR) is 44.8 cm³/mol. The molecule has 13 heavy (non-hydrogen) atoms. The molecule has 0 radical (unpaired) electrons. The predicted octanol–water partition coefficient (Wildman–Crippen LogP) is 0.173. The van der Waals surface area contributed by atoms with Crippen molar-refractivity contribution in [2.75, 3.05) is 6.54 Å². The molecule has 5 nitrogen and oxygen atoms in total. The van der Waals surface area contributed by atoms with Crippen molar-refractivity contribution in [3.63, 3.8) is 0 Å². The lowest BCUT2D eigenvalue weighted by atomic mass is 9.87. The number of rotatable bonds is 2. The van der Waals surface area contributed by atoms with E-state index in [-0.39, 0.29) is 12.1 Å².